The molecule has 3 rings (SSSR count). The molecule has 1 heterocycles. The van der Waals surface area contributed by atoms with Gasteiger partial charge in [0, 0.05) is 11.3 Å². The van der Waals surface area contributed by atoms with E-state index in [1.165, 1.54) is 12.8 Å². The third kappa shape index (κ3) is 2.62. The van der Waals surface area contributed by atoms with Gasteiger partial charge in [-0.3, -0.25) is 4.79 Å². The van der Waals surface area contributed by atoms with E-state index in [0.29, 0.717) is 11.5 Å². The van der Waals surface area contributed by atoms with Crippen molar-refractivity contribution in [3.05, 3.63) is 51.9 Å². The molecule has 0 bridgehead atoms. The number of benzene rings is 1. The molecule has 1 aliphatic rings. The van der Waals surface area contributed by atoms with Crippen LogP contribution >= 0.6 is 0 Å². The predicted molar refractivity (Wildman–Crippen MR) is 85.0 cm³/mol. The van der Waals surface area contributed by atoms with Gasteiger partial charge in [0.15, 0.2) is 0 Å². The first-order chi connectivity index (χ1) is 10.7. The minimum atomic E-state index is -0.294. The highest BCUT2D eigenvalue weighted by molar-refractivity contribution is 5.71. The monoisotopic (exact) mass is 294 g/mol. The Hall–Kier alpha value is -2.54. The summed E-state index contributed by atoms with van der Waals surface area (Å²) in [6.07, 6.45) is 4.60. The second-order valence-corrected chi connectivity index (χ2v) is 5.66. The van der Waals surface area contributed by atoms with Gasteiger partial charge in [-0.25, -0.2) is 0 Å². The summed E-state index contributed by atoms with van der Waals surface area (Å²) >= 11 is 0. The highest BCUT2D eigenvalue weighted by Crippen LogP contribution is 2.34. The van der Waals surface area contributed by atoms with E-state index in [4.69, 9.17) is 4.74 Å². The number of pyridine rings is 1. The fourth-order valence-electron chi connectivity index (χ4n) is 3.15. The van der Waals surface area contributed by atoms with Crippen molar-refractivity contribution in [1.82, 2.24) is 4.98 Å². The zero-order chi connectivity index (χ0) is 15.5. The number of nitriles is 1. The Labute approximate surface area is 129 Å². The van der Waals surface area contributed by atoms with Crippen LogP contribution in [-0.2, 0) is 0 Å². The van der Waals surface area contributed by atoms with E-state index < -0.39 is 0 Å². The summed E-state index contributed by atoms with van der Waals surface area (Å²) in [5, 5.41) is 9.32. The van der Waals surface area contributed by atoms with Gasteiger partial charge in [0.2, 0.25) is 0 Å². The zero-order valence-corrected chi connectivity index (χ0v) is 12.6. The molecule has 4 heteroatoms. The highest BCUT2D eigenvalue weighted by atomic mass is 16.5. The molecule has 0 unspecified atom stereocenters. The van der Waals surface area contributed by atoms with Crippen molar-refractivity contribution in [2.24, 2.45) is 0 Å². The van der Waals surface area contributed by atoms with Crippen LogP contribution in [0.4, 0.5) is 0 Å². The van der Waals surface area contributed by atoms with Crippen molar-refractivity contribution in [1.29, 1.82) is 5.26 Å². The summed E-state index contributed by atoms with van der Waals surface area (Å²) < 4.78 is 5.16. The molecule has 0 saturated heterocycles. The number of ether oxygens (including phenoxy) is 1. The van der Waals surface area contributed by atoms with Crippen LogP contribution in [0.1, 0.15) is 42.9 Å². The van der Waals surface area contributed by atoms with Crippen molar-refractivity contribution in [2.75, 3.05) is 7.11 Å². The topological polar surface area (TPSA) is 65.9 Å². The van der Waals surface area contributed by atoms with Gasteiger partial charge in [-0.1, -0.05) is 25.0 Å². The molecule has 112 valence electrons. The Morgan fingerprint density at radius 2 is 1.91 bits per heavy atom. The van der Waals surface area contributed by atoms with E-state index in [1.807, 2.05) is 36.4 Å². The smallest absolute Gasteiger partial charge is 0.266 e. The van der Waals surface area contributed by atoms with Gasteiger partial charge in [-0.05, 0) is 42.5 Å². The number of nitrogens with zero attached hydrogens (tertiary/aromatic N) is 1. The van der Waals surface area contributed by atoms with E-state index in [1.54, 1.807) is 7.11 Å². The van der Waals surface area contributed by atoms with Crippen LogP contribution in [-0.4, -0.2) is 12.1 Å². The first kappa shape index (κ1) is 14.4. The molecule has 0 amide bonds. The van der Waals surface area contributed by atoms with Crippen molar-refractivity contribution in [2.45, 2.75) is 31.6 Å². The van der Waals surface area contributed by atoms with Crippen molar-refractivity contribution in [3.8, 4) is 22.9 Å². The molecule has 2 aromatic rings. The van der Waals surface area contributed by atoms with Gasteiger partial charge in [-0.2, -0.15) is 5.26 Å². The lowest BCUT2D eigenvalue weighted by molar-refractivity contribution is 0.415. The Kier molecular flexibility index (Phi) is 3.97. The number of aromatic amines is 1. The summed E-state index contributed by atoms with van der Waals surface area (Å²) in [5.41, 5.74) is 2.40. The summed E-state index contributed by atoms with van der Waals surface area (Å²) in [6.45, 7) is 0. The Morgan fingerprint density at radius 1 is 1.23 bits per heavy atom. The molecule has 1 aliphatic carbocycles. The van der Waals surface area contributed by atoms with Crippen LogP contribution in [0.2, 0.25) is 0 Å². The first-order valence-corrected chi connectivity index (χ1v) is 7.54. The number of hydrogen-bond acceptors (Lipinski definition) is 3. The zero-order valence-electron chi connectivity index (χ0n) is 12.6. The summed E-state index contributed by atoms with van der Waals surface area (Å²) in [6, 6.07) is 11.4. The largest absolute Gasteiger partial charge is 0.497 e. The Morgan fingerprint density at radius 3 is 2.50 bits per heavy atom. The lowest BCUT2D eigenvalue weighted by Gasteiger charge is -2.12. The van der Waals surface area contributed by atoms with Crippen molar-refractivity contribution < 1.29 is 4.74 Å². The number of aromatic nitrogens is 1. The van der Waals surface area contributed by atoms with E-state index in [-0.39, 0.29) is 11.1 Å². The van der Waals surface area contributed by atoms with E-state index >= 15 is 0 Å². The average Bonchev–Trinajstić information content (AvgIpc) is 3.08. The molecule has 1 N–H and O–H groups in total. The maximum atomic E-state index is 12.2. The van der Waals surface area contributed by atoms with Crippen LogP contribution in [0.15, 0.2) is 35.1 Å². The fourth-order valence-corrected chi connectivity index (χ4v) is 3.15. The summed E-state index contributed by atoms with van der Waals surface area (Å²) in [5.74, 6) is 1.15. The molecule has 1 aromatic carbocycles. The SMILES string of the molecule is COc1ccc(-c2cc(C3CCCC3)[nH]c(=O)c2C#N)cc1. The molecule has 1 saturated carbocycles. The van der Waals surface area contributed by atoms with Crippen LogP contribution in [0.3, 0.4) is 0 Å². The van der Waals surface area contributed by atoms with Gasteiger partial charge in [0.1, 0.15) is 17.4 Å². The van der Waals surface area contributed by atoms with E-state index in [2.05, 4.69) is 4.98 Å². The molecule has 1 aromatic heterocycles. The minimum absolute atomic E-state index is 0.173. The maximum absolute atomic E-state index is 12.2. The number of rotatable bonds is 3. The second-order valence-electron chi connectivity index (χ2n) is 5.66. The van der Waals surface area contributed by atoms with E-state index in [0.717, 1.165) is 29.8 Å². The molecular weight excluding hydrogens is 276 g/mol. The predicted octanol–water partition coefficient (Wildman–Crippen LogP) is 3.58. The maximum Gasteiger partial charge on any atom is 0.266 e. The molecule has 4 nitrogen and oxygen atoms in total. The lowest BCUT2D eigenvalue weighted by atomic mass is 9.96. The molecule has 0 spiro atoms. The fraction of sp³-hybridized carbons (Fsp3) is 0.333. The Balaban J connectivity index is 2.11. The highest BCUT2D eigenvalue weighted by Gasteiger charge is 2.20. The van der Waals surface area contributed by atoms with Crippen LogP contribution in [0.25, 0.3) is 11.1 Å². The third-order valence-corrected chi connectivity index (χ3v) is 4.36. The number of nitrogens with one attached hydrogen (secondary N) is 1. The van der Waals surface area contributed by atoms with Gasteiger partial charge in [0.25, 0.3) is 5.56 Å². The molecule has 0 atom stereocenters. The quantitative estimate of drug-likeness (QED) is 0.941. The third-order valence-electron chi connectivity index (χ3n) is 4.36. The molecule has 0 aliphatic heterocycles. The molecule has 0 radical (unpaired) electrons. The van der Waals surface area contributed by atoms with Gasteiger partial charge in [-0.15, -0.1) is 0 Å². The lowest BCUT2D eigenvalue weighted by Crippen LogP contribution is -2.15. The number of H-pyrrole nitrogens is 1. The van der Waals surface area contributed by atoms with Crippen LogP contribution < -0.4 is 10.3 Å². The van der Waals surface area contributed by atoms with Crippen molar-refractivity contribution in [3.63, 3.8) is 0 Å². The Bertz CT molecular complexity index is 763. The second kappa shape index (κ2) is 6.07. The van der Waals surface area contributed by atoms with Gasteiger partial charge < -0.3 is 9.72 Å². The minimum Gasteiger partial charge on any atom is -0.497 e. The molecule has 22 heavy (non-hydrogen) atoms. The number of hydrogen-bond donors (Lipinski definition) is 1. The average molecular weight is 294 g/mol. The molecule has 1 fully saturated rings. The standard InChI is InChI=1S/C18H18N2O2/c1-22-14-8-6-12(7-9-14)15-10-17(13-4-2-3-5-13)20-18(21)16(15)11-19/h6-10,13H,2-5H2,1H3,(H,20,21). The molecular formula is C18H18N2O2. The van der Waals surface area contributed by atoms with Crippen LogP contribution in [0, 0.1) is 11.3 Å². The first-order valence-electron chi connectivity index (χ1n) is 7.54. The van der Waals surface area contributed by atoms with Gasteiger partial charge >= 0.3 is 0 Å². The normalized spacial score (nSPS) is 14.7. The van der Waals surface area contributed by atoms with Gasteiger partial charge in [0.05, 0.1) is 7.11 Å². The van der Waals surface area contributed by atoms with E-state index in [9.17, 15) is 10.1 Å². The van der Waals surface area contributed by atoms with Crippen molar-refractivity contribution >= 4 is 0 Å². The van der Waals surface area contributed by atoms with Crippen LogP contribution in [0.5, 0.6) is 5.75 Å². The summed E-state index contributed by atoms with van der Waals surface area (Å²) in [7, 11) is 1.61. The summed E-state index contributed by atoms with van der Waals surface area (Å²) in [4.78, 5) is 15.1. The number of methoxy groups -OCH3 is 1.